The number of H-pyrrole nitrogens is 2. The molecule has 2 aliphatic rings. The molecule has 19 nitrogen and oxygen atoms in total. The zero-order chi connectivity index (χ0) is 50.8. The molecule has 3 aromatic heterocycles. The zero-order valence-electron chi connectivity index (χ0n) is 41.4. The first-order valence-corrected chi connectivity index (χ1v) is 25.8. The van der Waals surface area contributed by atoms with Crippen molar-refractivity contribution in [3.05, 3.63) is 145 Å². The van der Waals surface area contributed by atoms with Gasteiger partial charge < -0.3 is 37.6 Å². The second-order valence-electron chi connectivity index (χ2n) is 19.0. The van der Waals surface area contributed by atoms with Crippen LogP contribution in [0.4, 0.5) is 5.95 Å². The number of aromatic nitrogens is 6. The number of hydrogen-bond donors (Lipinski definition) is 4. The smallest absolute Gasteiger partial charge is 0.343 e. The largest absolute Gasteiger partial charge is 0.497 e. The molecule has 0 spiro atoms. The van der Waals surface area contributed by atoms with E-state index in [1.54, 1.807) is 39.6 Å². The highest BCUT2D eigenvalue weighted by atomic mass is 28.4. The predicted molar refractivity (Wildman–Crippen MR) is 266 cm³/mol. The molecule has 2 saturated heterocycles. The number of hydrogen-bond acceptors (Lipinski definition) is 14. The third-order valence-electron chi connectivity index (χ3n) is 13.4. The number of nitrogens with zero attached hydrogens (tertiary/aromatic N) is 4. The van der Waals surface area contributed by atoms with Crippen molar-refractivity contribution in [2.75, 3.05) is 32.8 Å². The number of imidazole rings is 1. The maximum Gasteiger partial charge on any atom is 0.343 e. The van der Waals surface area contributed by atoms with E-state index in [1.807, 2.05) is 107 Å². The van der Waals surface area contributed by atoms with Gasteiger partial charge in [-0.15, -0.1) is 0 Å². The minimum absolute atomic E-state index is 0.0232. The Morgan fingerprint density at radius 3 is 1.99 bits per heavy atom. The summed E-state index contributed by atoms with van der Waals surface area (Å²) in [6.45, 7) is 13.2. The van der Waals surface area contributed by atoms with Gasteiger partial charge >= 0.3 is 14.3 Å². The molecule has 378 valence electrons. The van der Waals surface area contributed by atoms with Gasteiger partial charge in [-0.25, -0.2) is 9.78 Å². The highest BCUT2D eigenvalue weighted by Crippen LogP contribution is 2.45. The molecule has 6 atom stereocenters. The normalized spacial score (nSPS) is 20.6. The fraction of sp³-hybridized carbons (Fsp3) is 0.451. The Hall–Kier alpha value is -6.26. The number of aliphatic hydroxyl groups excluding tert-OH is 1. The summed E-state index contributed by atoms with van der Waals surface area (Å²) in [7, 11) is -0.169. The quantitative estimate of drug-likeness (QED) is 0.0523. The number of methoxy groups -OCH3 is 2. The summed E-state index contributed by atoms with van der Waals surface area (Å²) in [5.41, 5.74) is -0.146. The Labute approximate surface area is 411 Å². The van der Waals surface area contributed by atoms with Crippen LogP contribution in [0.5, 0.6) is 11.5 Å². The topological polar surface area (TPSA) is 232 Å². The SMILES string of the molecule is COc1ccc(C(OC[C@H]2O[C@@H](n3cnc4c(=O)[nH]c(NC(=O)C(C)C)nc43)C[C@@H]2O[Si](OC[C@H]2O[C@@H](n3cc(C)c(=O)[nH]c3=O)C[C@@H]2O)(C(C)C)C(C)C)(c2ccccc2)c2ccc(OC)cc2)cc1. The molecule has 1 amide bonds. The van der Waals surface area contributed by atoms with Crippen LogP contribution in [0.3, 0.4) is 0 Å². The van der Waals surface area contributed by atoms with E-state index in [2.05, 4.69) is 25.3 Å². The molecule has 2 aliphatic heterocycles. The van der Waals surface area contributed by atoms with Gasteiger partial charge in [-0.05, 0) is 59.0 Å². The van der Waals surface area contributed by atoms with Crippen molar-refractivity contribution in [2.24, 2.45) is 5.92 Å². The van der Waals surface area contributed by atoms with Crippen molar-refractivity contribution in [1.29, 1.82) is 0 Å². The molecule has 5 heterocycles. The Balaban J connectivity index is 1.18. The van der Waals surface area contributed by atoms with Gasteiger partial charge in [0.2, 0.25) is 11.9 Å². The van der Waals surface area contributed by atoms with Crippen LogP contribution in [0, 0.1) is 12.8 Å². The lowest BCUT2D eigenvalue weighted by Crippen LogP contribution is -2.54. The molecule has 6 aromatic rings. The molecule has 4 N–H and O–H groups in total. The van der Waals surface area contributed by atoms with Gasteiger partial charge in [0.1, 0.15) is 41.8 Å². The molecule has 0 bridgehead atoms. The molecular formula is C51H63N7O12Si. The number of carbonyl (C=O) groups is 1. The fourth-order valence-electron chi connectivity index (χ4n) is 9.47. The third kappa shape index (κ3) is 10.3. The minimum Gasteiger partial charge on any atom is -0.497 e. The number of carbonyl (C=O) groups excluding carboxylic acids is 1. The lowest BCUT2D eigenvalue weighted by Gasteiger charge is -2.41. The monoisotopic (exact) mass is 993 g/mol. The number of aromatic amines is 2. The summed E-state index contributed by atoms with van der Waals surface area (Å²) >= 11 is 0. The molecule has 20 heteroatoms. The Morgan fingerprint density at radius 2 is 1.39 bits per heavy atom. The number of amides is 1. The van der Waals surface area contributed by atoms with Crippen molar-refractivity contribution < 1.29 is 42.4 Å². The number of aryl methyl sites for hydroxylation is 1. The number of aliphatic hydroxyl groups is 1. The summed E-state index contributed by atoms with van der Waals surface area (Å²) in [6, 6.07) is 25.3. The average Bonchev–Trinajstić information content (AvgIpc) is 4.08. The van der Waals surface area contributed by atoms with Gasteiger partial charge in [-0.1, -0.05) is 96.1 Å². The van der Waals surface area contributed by atoms with Gasteiger partial charge in [0.25, 0.3) is 11.1 Å². The molecule has 0 unspecified atom stereocenters. The van der Waals surface area contributed by atoms with E-state index < -0.39 is 67.8 Å². The van der Waals surface area contributed by atoms with Crippen molar-refractivity contribution in [3.8, 4) is 11.5 Å². The summed E-state index contributed by atoms with van der Waals surface area (Å²) in [5.74, 6) is 0.608. The van der Waals surface area contributed by atoms with Crippen LogP contribution in [0.2, 0.25) is 11.1 Å². The van der Waals surface area contributed by atoms with Crippen molar-refractivity contribution in [1.82, 2.24) is 29.1 Å². The Kier molecular flexibility index (Phi) is 15.3. The van der Waals surface area contributed by atoms with E-state index in [0.717, 1.165) is 16.7 Å². The number of rotatable bonds is 19. The van der Waals surface area contributed by atoms with Gasteiger partial charge in [0.15, 0.2) is 11.2 Å². The van der Waals surface area contributed by atoms with E-state index in [0.29, 0.717) is 17.1 Å². The van der Waals surface area contributed by atoms with Crippen LogP contribution in [-0.4, -0.2) is 100 Å². The van der Waals surface area contributed by atoms with Gasteiger partial charge in [0.05, 0.1) is 46.0 Å². The minimum atomic E-state index is -3.40. The first kappa shape index (κ1) is 51.1. The Bertz CT molecular complexity index is 2920. The number of nitrogens with one attached hydrogen (secondary N) is 3. The van der Waals surface area contributed by atoms with E-state index in [9.17, 15) is 24.3 Å². The van der Waals surface area contributed by atoms with Crippen LogP contribution < -0.4 is 31.6 Å². The third-order valence-corrected chi connectivity index (χ3v) is 17.9. The van der Waals surface area contributed by atoms with Crippen LogP contribution in [0.15, 0.2) is 106 Å². The second kappa shape index (κ2) is 21.2. The molecular weight excluding hydrogens is 931 g/mol. The molecule has 0 saturated carbocycles. The lowest BCUT2D eigenvalue weighted by molar-refractivity contribution is -0.118. The summed E-state index contributed by atoms with van der Waals surface area (Å²) in [5, 5.41) is 14.0. The van der Waals surface area contributed by atoms with Gasteiger partial charge in [-0.2, -0.15) is 4.98 Å². The molecule has 3 aromatic carbocycles. The van der Waals surface area contributed by atoms with Crippen LogP contribution >= 0.6 is 0 Å². The lowest BCUT2D eigenvalue weighted by atomic mass is 9.80. The highest BCUT2D eigenvalue weighted by molar-refractivity contribution is 6.70. The highest BCUT2D eigenvalue weighted by Gasteiger charge is 2.52. The molecule has 71 heavy (non-hydrogen) atoms. The van der Waals surface area contributed by atoms with Gasteiger partial charge in [0, 0.05) is 30.5 Å². The Morgan fingerprint density at radius 1 is 0.803 bits per heavy atom. The van der Waals surface area contributed by atoms with Crippen molar-refractivity contribution >= 4 is 31.6 Å². The number of anilines is 1. The van der Waals surface area contributed by atoms with E-state index in [-0.39, 0.29) is 66.1 Å². The van der Waals surface area contributed by atoms with E-state index in [4.69, 9.17) is 32.5 Å². The number of fused-ring (bicyclic) bond motifs is 1. The van der Waals surface area contributed by atoms with Crippen LogP contribution in [-0.2, 0) is 33.5 Å². The molecule has 0 aliphatic carbocycles. The standard InChI is InChI=1S/C51H63N7O12Si/c1-29(2)46(60)54-49-53-45-44(48(62)55-49)52-28-58(45)43-24-39(70-71(30(3)4,31(5)6)67-27-40-38(59)23-42(68-40)57-25-32(7)47(61)56-50(57)63)41(69-43)26-66-51(33-13-11-10-12-14-33,34-15-19-36(64-8)20-16-34)35-17-21-37(65-9)22-18-35/h10-22,25,28-31,38-43,59H,23-24,26-27H2,1-9H3,(H,56,61,63)(H2,53,54,55,60,62)/t38-,39-,40+,41+,42+,43+/m0/s1. The van der Waals surface area contributed by atoms with Gasteiger partial charge in [-0.3, -0.25) is 38.8 Å². The second-order valence-corrected chi connectivity index (χ2v) is 23.2. The zero-order valence-corrected chi connectivity index (χ0v) is 42.4. The van der Waals surface area contributed by atoms with E-state index in [1.165, 1.54) is 17.1 Å². The fourth-order valence-corrected chi connectivity index (χ4v) is 13.2. The maximum atomic E-state index is 13.4. The van der Waals surface area contributed by atoms with E-state index >= 15 is 0 Å². The summed E-state index contributed by atoms with van der Waals surface area (Å²) in [4.78, 5) is 65.1. The first-order chi connectivity index (χ1) is 34.0. The van der Waals surface area contributed by atoms with Crippen molar-refractivity contribution in [2.45, 2.75) is 115 Å². The predicted octanol–water partition coefficient (Wildman–Crippen LogP) is 6.20. The average molecular weight is 994 g/mol. The number of benzene rings is 3. The van der Waals surface area contributed by atoms with Crippen LogP contribution in [0.25, 0.3) is 11.2 Å². The molecule has 8 rings (SSSR count). The summed E-state index contributed by atoms with van der Waals surface area (Å²) in [6.07, 6.45) is -1.67. The van der Waals surface area contributed by atoms with Crippen LogP contribution in [0.1, 0.15) is 89.1 Å². The summed E-state index contributed by atoms with van der Waals surface area (Å²) < 4.78 is 49.3. The maximum absolute atomic E-state index is 13.4. The number of ether oxygens (including phenoxy) is 5. The first-order valence-electron chi connectivity index (χ1n) is 23.9. The molecule has 2 fully saturated rings. The van der Waals surface area contributed by atoms with Crippen molar-refractivity contribution in [3.63, 3.8) is 0 Å². The molecule has 0 radical (unpaired) electrons.